The lowest BCUT2D eigenvalue weighted by atomic mass is 10.1. The first-order valence-electron chi connectivity index (χ1n) is 4.73. The van der Waals surface area contributed by atoms with Crippen molar-refractivity contribution < 1.29 is 19.5 Å². The lowest BCUT2D eigenvalue weighted by Gasteiger charge is -2.21. The highest BCUT2D eigenvalue weighted by Crippen LogP contribution is 2.08. The fraction of sp³-hybridized carbons (Fsp3) is 0.556. The molecule has 0 aliphatic carbocycles. The van der Waals surface area contributed by atoms with Crippen LogP contribution in [0.4, 0.5) is 0 Å². The normalized spacial score (nSPS) is 15.8. The fourth-order valence-electron chi connectivity index (χ4n) is 1.32. The van der Waals surface area contributed by atoms with E-state index in [0.29, 0.717) is 0 Å². The first-order valence-corrected chi connectivity index (χ1v) is 4.73. The second kappa shape index (κ2) is 4.73. The van der Waals surface area contributed by atoms with Gasteiger partial charge in [-0.25, -0.2) is 5.01 Å². The highest BCUT2D eigenvalue weighted by molar-refractivity contribution is 6.39. The third-order valence-corrected chi connectivity index (χ3v) is 2.17. The molecule has 1 aliphatic rings. The fourth-order valence-corrected chi connectivity index (χ4v) is 1.32. The Morgan fingerprint density at radius 2 is 2.12 bits per heavy atom. The molecule has 0 aromatic carbocycles. The number of nitrogens with zero attached hydrogens (tertiary/aromatic N) is 3. The molecule has 0 aromatic rings. The molecule has 0 fully saturated rings. The summed E-state index contributed by atoms with van der Waals surface area (Å²) in [4.78, 5) is 34.3. The lowest BCUT2D eigenvalue weighted by Crippen LogP contribution is -2.40. The SMILES string of the molecule is CN(CC(=O)O)C(=O)C1=NN(C)C(=O)CC1. The number of hydrogen-bond acceptors (Lipinski definition) is 4. The van der Waals surface area contributed by atoms with E-state index in [9.17, 15) is 14.4 Å². The number of likely N-dealkylation sites (N-methyl/N-ethyl adjacent to an activating group) is 1. The van der Waals surface area contributed by atoms with Crippen LogP contribution in [-0.2, 0) is 14.4 Å². The second-order valence-corrected chi connectivity index (χ2v) is 3.52. The summed E-state index contributed by atoms with van der Waals surface area (Å²) in [5, 5.41) is 13.4. The Morgan fingerprint density at radius 1 is 1.50 bits per heavy atom. The molecule has 0 spiro atoms. The van der Waals surface area contributed by atoms with Gasteiger partial charge >= 0.3 is 5.97 Å². The number of hydrogen-bond donors (Lipinski definition) is 1. The lowest BCUT2D eigenvalue weighted by molar-refractivity contribution is -0.141. The maximum Gasteiger partial charge on any atom is 0.323 e. The Bertz CT molecular complexity index is 364. The highest BCUT2D eigenvalue weighted by Gasteiger charge is 2.24. The minimum absolute atomic E-state index is 0.155. The summed E-state index contributed by atoms with van der Waals surface area (Å²) in [6.07, 6.45) is 0.480. The van der Waals surface area contributed by atoms with E-state index < -0.39 is 11.9 Å². The van der Waals surface area contributed by atoms with Crippen molar-refractivity contribution in [2.24, 2.45) is 5.10 Å². The van der Waals surface area contributed by atoms with E-state index in [0.717, 1.165) is 9.91 Å². The molecule has 7 nitrogen and oxygen atoms in total. The predicted molar refractivity (Wildman–Crippen MR) is 54.7 cm³/mol. The van der Waals surface area contributed by atoms with Crippen LogP contribution in [-0.4, -0.2) is 59.2 Å². The van der Waals surface area contributed by atoms with E-state index >= 15 is 0 Å². The van der Waals surface area contributed by atoms with Crippen LogP contribution in [0, 0.1) is 0 Å². The molecule has 0 bridgehead atoms. The van der Waals surface area contributed by atoms with E-state index in [1.807, 2.05) is 0 Å². The smallest absolute Gasteiger partial charge is 0.323 e. The standard InChI is InChI=1S/C9H13N3O4/c1-11(5-8(14)15)9(16)6-3-4-7(13)12(2)10-6/h3-5H2,1-2H3,(H,14,15). The average molecular weight is 227 g/mol. The van der Waals surface area contributed by atoms with Crippen molar-refractivity contribution in [2.45, 2.75) is 12.8 Å². The number of carbonyl (C=O) groups excluding carboxylic acids is 2. The van der Waals surface area contributed by atoms with Crippen molar-refractivity contribution >= 4 is 23.5 Å². The minimum atomic E-state index is -1.09. The highest BCUT2D eigenvalue weighted by atomic mass is 16.4. The molecule has 1 aliphatic heterocycles. The zero-order chi connectivity index (χ0) is 12.3. The Hall–Kier alpha value is -1.92. The van der Waals surface area contributed by atoms with E-state index in [1.54, 1.807) is 0 Å². The first kappa shape index (κ1) is 12.2. The van der Waals surface area contributed by atoms with Crippen LogP contribution >= 0.6 is 0 Å². The summed E-state index contributed by atoms with van der Waals surface area (Å²) < 4.78 is 0. The topological polar surface area (TPSA) is 90.3 Å². The summed E-state index contributed by atoms with van der Waals surface area (Å²) in [6.45, 7) is -0.379. The molecule has 0 saturated carbocycles. The monoisotopic (exact) mass is 227 g/mol. The molecular weight excluding hydrogens is 214 g/mol. The number of carboxylic acids is 1. The Balaban J connectivity index is 2.71. The summed E-state index contributed by atoms with van der Waals surface area (Å²) in [5.74, 6) is -1.70. The van der Waals surface area contributed by atoms with Crippen LogP contribution in [0.2, 0.25) is 0 Å². The van der Waals surface area contributed by atoms with Gasteiger partial charge in [0, 0.05) is 26.9 Å². The van der Waals surface area contributed by atoms with Gasteiger partial charge < -0.3 is 10.0 Å². The van der Waals surface area contributed by atoms with Crippen LogP contribution in [0.15, 0.2) is 5.10 Å². The van der Waals surface area contributed by atoms with Crippen LogP contribution in [0.25, 0.3) is 0 Å². The molecule has 0 saturated heterocycles. The van der Waals surface area contributed by atoms with Crippen LogP contribution in [0.5, 0.6) is 0 Å². The third-order valence-electron chi connectivity index (χ3n) is 2.17. The van der Waals surface area contributed by atoms with Crippen molar-refractivity contribution in [1.29, 1.82) is 0 Å². The summed E-state index contributed by atoms with van der Waals surface area (Å²) in [7, 11) is 2.85. The molecule has 1 heterocycles. The molecule has 0 radical (unpaired) electrons. The number of carbonyl (C=O) groups is 3. The number of aliphatic carboxylic acids is 1. The van der Waals surface area contributed by atoms with Crippen LogP contribution in [0.1, 0.15) is 12.8 Å². The van der Waals surface area contributed by atoms with Gasteiger partial charge in [0.2, 0.25) is 5.91 Å². The Labute approximate surface area is 92.3 Å². The molecule has 0 atom stereocenters. The van der Waals surface area contributed by atoms with Gasteiger partial charge in [0.25, 0.3) is 5.91 Å². The number of hydrazone groups is 1. The van der Waals surface area contributed by atoms with E-state index in [2.05, 4.69) is 5.10 Å². The maximum atomic E-state index is 11.7. The van der Waals surface area contributed by atoms with Crippen molar-refractivity contribution in [3.05, 3.63) is 0 Å². The van der Waals surface area contributed by atoms with Gasteiger partial charge in [0.15, 0.2) is 0 Å². The molecule has 88 valence electrons. The molecular formula is C9H13N3O4. The van der Waals surface area contributed by atoms with Gasteiger partial charge in [0.05, 0.1) is 0 Å². The molecule has 1 N–H and O–H groups in total. The van der Waals surface area contributed by atoms with Gasteiger partial charge in [-0.05, 0) is 0 Å². The predicted octanol–water partition coefficient (Wildman–Crippen LogP) is -0.862. The molecule has 2 amide bonds. The van der Waals surface area contributed by atoms with E-state index in [4.69, 9.17) is 5.11 Å². The van der Waals surface area contributed by atoms with Gasteiger partial charge in [-0.1, -0.05) is 0 Å². The minimum Gasteiger partial charge on any atom is -0.480 e. The maximum absolute atomic E-state index is 11.7. The largest absolute Gasteiger partial charge is 0.480 e. The van der Waals surface area contributed by atoms with Crippen molar-refractivity contribution in [1.82, 2.24) is 9.91 Å². The summed E-state index contributed by atoms with van der Waals surface area (Å²) in [5.41, 5.74) is 0.214. The quantitative estimate of drug-likeness (QED) is 0.679. The molecule has 1 rings (SSSR count). The van der Waals surface area contributed by atoms with E-state index in [-0.39, 0.29) is 31.0 Å². The molecule has 0 unspecified atom stereocenters. The van der Waals surface area contributed by atoms with Gasteiger partial charge in [0.1, 0.15) is 12.3 Å². The van der Waals surface area contributed by atoms with Gasteiger partial charge in [-0.2, -0.15) is 5.10 Å². The zero-order valence-corrected chi connectivity index (χ0v) is 9.13. The third kappa shape index (κ3) is 2.78. The molecule has 0 aromatic heterocycles. The summed E-state index contributed by atoms with van der Waals surface area (Å²) >= 11 is 0. The van der Waals surface area contributed by atoms with Crippen molar-refractivity contribution in [2.75, 3.05) is 20.6 Å². The number of carboxylic acid groups (broad SMARTS) is 1. The number of amides is 2. The zero-order valence-electron chi connectivity index (χ0n) is 9.13. The Kier molecular flexibility index (Phi) is 3.60. The van der Waals surface area contributed by atoms with Gasteiger partial charge in [-0.3, -0.25) is 14.4 Å². The van der Waals surface area contributed by atoms with Crippen LogP contribution in [0.3, 0.4) is 0 Å². The number of rotatable bonds is 3. The average Bonchev–Trinajstić information content (AvgIpc) is 2.20. The van der Waals surface area contributed by atoms with Crippen molar-refractivity contribution in [3.63, 3.8) is 0 Å². The first-order chi connectivity index (χ1) is 7.41. The Morgan fingerprint density at radius 3 is 2.62 bits per heavy atom. The molecule has 16 heavy (non-hydrogen) atoms. The molecule has 7 heteroatoms. The summed E-state index contributed by atoms with van der Waals surface area (Å²) in [6, 6.07) is 0. The van der Waals surface area contributed by atoms with Crippen LogP contribution < -0.4 is 0 Å². The van der Waals surface area contributed by atoms with Crippen molar-refractivity contribution in [3.8, 4) is 0 Å². The van der Waals surface area contributed by atoms with E-state index in [1.165, 1.54) is 14.1 Å². The van der Waals surface area contributed by atoms with Gasteiger partial charge in [-0.15, -0.1) is 0 Å². The second-order valence-electron chi connectivity index (χ2n) is 3.52.